The van der Waals surface area contributed by atoms with Gasteiger partial charge >= 0.3 is 11.9 Å². The Morgan fingerprint density at radius 1 is 0.906 bits per heavy atom. The highest BCUT2D eigenvalue weighted by atomic mass is 16.5. The molecule has 0 amide bonds. The number of ether oxygens (including phenoxy) is 3. The molecule has 0 N–H and O–H groups in total. The molecule has 0 aromatic heterocycles. The molecule has 0 aromatic rings. The fourth-order valence-corrected chi connectivity index (χ4v) is 8.70. The Morgan fingerprint density at radius 3 is 2.38 bits per heavy atom. The molecule has 4 fully saturated rings. The molecule has 4 rings (SSSR count). The minimum Gasteiger partial charge on any atom is -0.463 e. The molecule has 6 heteroatoms. The van der Waals surface area contributed by atoms with Crippen molar-refractivity contribution in [3.8, 4) is 0 Å². The highest BCUT2D eigenvalue weighted by Crippen LogP contribution is 2.67. The van der Waals surface area contributed by atoms with Crippen LogP contribution in [0.2, 0.25) is 0 Å². The standard InChI is InChI=1S/C26H40O6/c1-16(27)31-14-24(29)23-8-7-21-20-6-5-18-13-19(32-17(2)28)9-12-26(18,15-30-4)22(20)10-11-25(21,23)3/h18-23H,5-15H2,1-4H3. The van der Waals surface area contributed by atoms with E-state index < -0.39 is 0 Å². The summed E-state index contributed by atoms with van der Waals surface area (Å²) in [4.78, 5) is 35.7. The minimum atomic E-state index is -0.383. The monoisotopic (exact) mass is 448 g/mol. The molecular formula is C26H40O6. The smallest absolute Gasteiger partial charge is 0.303 e. The zero-order valence-electron chi connectivity index (χ0n) is 20.2. The summed E-state index contributed by atoms with van der Waals surface area (Å²) in [6.45, 7) is 5.90. The molecule has 180 valence electrons. The summed E-state index contributed by atoms with van der Waals surface area (Å²) in [6, 6.07) is 0. The predicted octanol–water partition coefficient (Wildman–Crippen LogP) is 4.34. The van der Waals surface area contributed by atoms with Gasteiger partial charge in [0.2, 0.25) is 0 Å². The molecule has 0 radical (unpaired) electrons. The lowest BCUT2D eigenvalue weighted by Gasteiger charge is -2.61. The molecule has 0 heterocycles. The van der Waals surface area contributed by atoms with E-state index in [2.05, 4.69) is 6.92 Å². The fourth-order valence-electron chi connectivity index (χ4n) is 8.70. The van der Waals surface area contributed by atoms with Crippen molar-refractivity contribution >= 4 is 17.7 Å². The summed E-state index contributed by atoms with van der Waals surface area (Å²) in [5, 5.41) is 0. The van der Waals surface area contributed by atoms with Gasteiger partial charge in [-0.25, -0.2) is 0 Å². The van der Waals surface area contributed by atoms with E-state index in [4.69, 9.17) is 14.2 Å². The lowest BCUT2D eigenvalue weighted by molar-refractivity contribution is -0.174. The predicted molar refractivity (Wildman–Crippen MR) is 119 cm³/mol. The summed E-state index contributed by atoms with van der Waals surface area (Å²) in [5.41, 5.74) is 0.171. The van der Waals surface area contributed by atoms with Crippen molar-refractivity contribution in [2.75, 3.05) is 20.3 Å². The number of esters is 2. The number of hydrogen-bond donors (Lipinski definition) is 0. The van der Waals surface area contributed by atoms with E-state index >= 15 is 0 Å². The van der Waals surface area contributed by atoms with Gasteiger partial charge in [-0.15, -0.1) is 0 Å². The molecule has 0 aliphatic heterocycles. The Morgan fingerprint density at radius 2 is 1.69 bits per heavy atom. The Kier molecular flexibility index (Phi) is 6.73. The first kappa shape index (κ1) is 23.7. The van der Waals surface area contributed by atoms with Crippen LogP contribution in [0.4, 0.5) is 0 Å². The van der Waals surface area contributed by atoms with Gasteiger partial charge < -0.3 is 14.2 Å². The molecule has 0 spiro atoms. The van der Waals surface area contributed by atoms with Gasteiger partial charge in [-0.1, -0.05) is 6.92 Å². The Hall–Kier alpha value is -1.43. The van der Waals surface area contributed by atoms with Crippen LogP contribution in [-0.2, 0) is 28.6 Å². The number of ketones is 1. The number of methoxy groups -OCH3 is 1. The maximum Gasteiger partial charge on any atom is 0.303 e. The molecule has 4 saturated carbocycles. The van der Waals surface area contributed by atoms with Crippen LogP contribution < -0.4 is 0 Å². The normalized spacial score (nSPS) is 42.9. The number of rotatable bonds is 6. The van der Waals surface area contributed by atoms with Gasteiger partial charge in [0.15, 0.2) is 5.78 Å². The first-order valence-electron chi connectivity index (χ1n) is 12.5. The molecule has 0 bridgehead atoms. The third kappa shape index (κ3) is 4.01. The van der Waals surface area contributed by atoms with Gasteiger partial charge in [-0.05, 0) is 92.3 Å². The maximum absolute atomic E-state index is 12.9. The van der Waals surface area contributed by atoms with E-state index in [9.17, 15) is 14.4 Å². The van der Waals surface area contributed by atoms with Crippen LogP contribution in [0.3, 0.4) is 0 Å². The molecule has 0 aromatic carbocycles. The van der Waals surface area contributed by atoms with Crippen LogP contribution >= 0.6 is 0 Å². The van der Waals surface area contributed by atoms with E-state index in [1.54, 1.807) is 0 Å². The summed E-state index contributed by atoms with van der Waals surface area (Å²) in [6.07, 6.45) is 9.53. The van der Waals surface area contributed by atoms with E-state index in [0.717, 1.165) is 58.0 Å². The van der Waals surface area contributed by atoms with Gasteiger partial charge in [-0.3, -0.25) is 14.4 Å². The van der Waals surface area contributed by atoms with Crippen molar-refractivity contribution in [1.29, 1.82) is 0 Å². The van der Waals surface area contributed by atoms with Crippen LogP contribution in [0.25, 0.3) is 0 Å². The SMILES string of the molecule is COCC12CCC(OC(C)=O)CC1CCC1C3CCC(C(=O)COC(C)=O)C3(C)CCC12. The zero-order chi connectivity index (χ0) is 23.1. The van der Waals surface area contributed by atoms with E-state index in [-0.39, 0.29) is 47.2 Å². The average Bonchev–Trinajstić information content (AvgIpc) is 3.09. The third-order valence-corrected chi connectivity index (χ3v) is 9.87. The lowest BCUT2D eigenvalue weighted by Crippen LogP contribution is -2.57. The van der Waals surface area contributed by atoms with Crippen molar-refractivity contribution < 1.29 is 28.6 Å². The highest BCUT2D eigenvalue weighted by molar-refractivity contribution is 5.85. The van der Waals surface area contributed by atoms with Crippen LogP contribution in [0.15, 0.2) is 0 Å². The summed E-state index contributed by atoms with van der Waals surface area (Å²) in [7, 11) is 1.82. The van der Waals surface area contributed by atoms with Gasteiger partial charge in [-0.2, -0.15) is 0 Å². The molecule has 8 unspecified atom stereocenters. The van der Waals surface area contributed by atoms with Gasteiger partial charge in [0, 0.05) is 26.9 Å². The van der Waals surface area contributed by atoms with E-state index in [1.165, 1.54) is 20.3 Å². The van der Waals surface area contributed by atoms with Crippen LogP contribution in [-0.4, -0.2) is 44.1 Å². The molecule has 4 aliphatic rings. The van der Waals surface area contributed by atoms with Gasteiger partial charge in [0.1, 0.15) is 12.7 Å². The second-order valence-corrected chi connectivity index (χ2v) is 11.2. The molecule has 4 aliphatic carbocycles. The van der Waals surface area contributed by atoms with Crippen molar-refractivity contribution in [2.24, 2.45) is 40.4 Å². The molecule has 8 atom stereocenters. The number of hydrogen-bond acceptors (Lipinski definition) is 6. The second-order valence-electron chi connectivity index (χ2n) is 11.2. The van der Waals surface area contributed by atoms with E-state index in [1.807, 2.05) is 7.11 Å². The Balaban J connectivity index is 1.53. The van der Waals surface area contributed by atoms with Crippen LogP contribution in [0, 0.1) is 40.4 Å². The van der Waals surface area contributed by atoms with Gasteiger partial charge in [0.05, 0.1) is 6.61 Å². The minimum absolute atomic E-state index is 0.00333. The lowest BCUT2D eigenvalue weighted by atomic mass is 9.44. The summed E-state index contributed by atoms with van der Waals surface area (Å²) in [5.74, 6) is 1.87. The average molecular weight is 449 g/mol. The first-order chi connectivity index (χ1) is 15.2. The summed E-state index contributed by atoms with van der Waals surface area (Å²) < 4.78 is 16.5. The second kappa shape index (κ2) is 9.08. The third-order valence-electron chi connectivity index (χ3n) is 9.87. The Labute approximate surface area is 192 Å². The number of carbonyl (C=O) groups excluding carboxylic acids is 3. The number of fused-ring (bicyclic) bond motifs is 5. The molecule has 0 saturated heterocycles. The van der Waals surface area contributed by atoms with Gasteiger partial charge in [0.25, 0.3) is 0 Å². The topological polar surface area (TPSA) is 78.9 Å². The molecule has 32 heavy (non-hydrogen) atoms. The van der Waals surface area contributed by atoms with Crippen molar-refractivity contribution in [3.63, 3.8) is 0 Å². The zero-order valence-corrected chi connectivity index (χ0v) is 20.2. The maximum atomic E-state index is 12.9. The highest BCUT2D eigenvalue weighted by Gasteiger charge is 2.62. The van der Waals surface area contributed by atoms with Crippen LogP contribution in [0.1, 0.15) is 78.6 Å². The largest absolute Gasteiger partial charge is 0.463 e. The Bertz CT molecular complexity index is 749. The first-order valence-corrected chi connectivity index (χ1v) is 12.5. The van der Waals surface area contributed by atoms with E-state index in [0.29, 0.717) is 23.7 Å². The van der Waals surface area contributed by atoms with Crippen LogP contribution in [0.5, 0.6) is 0 Å². The van der Waals surface area contributed by atoms with Crippen molar-refractivity contribution in [3.05, 3.63) is 0 Å². The quantitative estimate of drug-likeness (QED) is 0.563. The number of Topliss-reactive ketones (excluding diaryl/α,β-unsaturated/α-hetero) is 1. The molecular weight excluding hydrogens is 408 g/mol. The van der Waals surface area contributed by atoms with Crippen molar-refractivity contribution in [1.82, 2.24) is 0 Å². The summed E-state index contributed by atoms with van der Waals surface area (Å²) >= 11 is 0. The number of carbonyl (C=O) groups is 3. The van der Waals surface area contributed by atoms with Crippen molar-refractivity contribution in [2.45, 2.75) is 84.7 Å². The molecule has 6 nitrogen and oxygen atoms in total. The fraction of sp³-hybridized carbons (Fsp3) is 0.885.